The molecule has 2 unspecified atom stereocenters. The molecule has 0 fully saturated rings. The van der Waals surface area contributed by atoms with Crippen molar-refractivity contribution in [3.05, 3.63) is 28.3 Å². The van der Waals surface area contributed by atoms with Crippen LogP contribution in [0.25, 0.3) is 0 Å². The molecule has 1 aliphatic rings. The summed E-state index contributed by atoms with van der Waals surface area (Å²) in [5.41, 5.74) is 2.51. The minimum Gasteiger partial charge on any atom is -0.493 e. The van der Waals surface area contributed by atoms with E-state index in [0.29, 0.717) is 12.0 Å². The van der Waals surface area contributed by atoms with E-state index in [2.05, 4.69) is 25.2 Å². The highest BCUT2D eigenvalue weighted by atomic mass is 35.5. The van der Waals surface area contributed by atoms with E-state index in [0.717, 1.165) is 23.8 Å². The van der Waals surface area contributed by atoms with Gasteiger partial charge >= 0.3 is 0 Å². The van der Waals surface area contributed by atoms with Gasteiger partial charge in [-0.25, -0.2) is 0 Å². The number of nitrogens with one attached hydrogen (secondary N) is 1. The van der Waals surface area contributed by atoms with E-state index in [-0.39, 0.29) is 0 Å². The fourth-order valence-corrected chi connectivity index (χ4v) is 3.50. The maximum absolute atomic E-state index is 6.30. The van der Waals surface area contributed by atoms with Gasteiger partial charge in [0, 0.05) is 23.0 Å². The summed E-state index contributed by atoms with van der Waals surface area (Å²) in [6, 6.07) is 4.46. The summed E-state index contributed by atoms with van der Waals surface area (Å²) in [4.78, 5) is 0. The molecule has 0 radical (unpaired) electrons. The Morgan fingerprint density at radius 3 is 2.80 bits per heavy atom. The van der Waals surface area contributed by atoms with E-state index in [4.69, 9.17) is 16.3 Å². The molecule has 1 aromatic rings. The van der Waals surface area contributed by atoms with Crippen LogP contribution in [0.5, 0.6) is 5.75 Å². The third kappa shape index (κ3) is 3.29. The van der Waals surface area contributed by atoms with Crippen molar-refractivity contribution in [1.82, 2.24) is 5.32 Å². The lowest BCUT2D eigenvalue weighted by molar-refractivity contribution is 0.314. The monoisotopic (exact) mass is 295 g/mol. The van der Waals surface area contributed by atoms with Gasteiger partial charge in [0.1, 0.15) is 5.75 Å². The Bertz CT molecular complexity index is 447. The van der Waals surface area contributed by atoms with Gasteiger partial charge in [-0.1, -0.05) is 44.7 Å². The molecule has 0 saturated carbocycles. The number of ether oxygens (including phenoxy) is 1. The second-order valence-corrected chi connectivity index (χ2v) is 6.10. The Labute approximate surface area is 127 Å². The summed E-state index contributed by atoms with van der Waals surface area (Å²) in [6.07, 6.45) is 5.93. The summed E-state index contributed by atoms with van der Waals surface area (Å²) >= 11 is 6.30. The molecule has 0 spiro atoms. The molecule has 2 rings (SSSR count). The first-order valence-electron chi connectivity index (χ1n) is 7.83. The zero-order valence-electron chi connectivity index (χ0n) is 12.8. The first-order chi connectivity index (χ1) is 9.71. The van der Waals surface area contributed by atoms with Gasteiger partial charge in [-0.15, -0.1) is 0 Å². The zero-order chi connectivity index (χ0) is 14.5. The van der Waals surface area contributed by atoms with E-state index >= 15 is 0 Å². The second-order valence-electron chi connectivity index (χ2n) is 5.66. The quantitative estimate of drug-likeness (QED) is 0.783. The van der Waals surface area contributed by atoms with Gasteiger partial charge in [-0.2, -0.15) is 0 Å². The van der Waals surface area contributed by atoms with Crippen molar-refractivity contribution in [2.45, 2.75) is 52.0 Å². The molecule has 1 N–H and O–H groups in total. The molecular formula is C17H26ClNO. The molecule has 20 heavy (non-hydrogen) atoms. The fraction of sp³-hybridized carbons (Fsp3) is 0.647. The lowest BCUT2D eigenvalue weighted by atomic mass is 9.86. The molecule has 2 atom stereocenters. The normalized spacial score (nSPS) is 16.6. The van der Waals surface area contributed by atoms with E-state index in [1.54, 1.807) is 0 Å². The number of rotatable bonds is 7. The van der Waals surface area contributed by atoms with Gasteiger partial charge in [0.05, 0.1) is 6.61 Å². The summed E-state index contributed by atoms with van der Waals surface area (Å²) < 4.78 is 5.87. The van der Waals surface area contributed by atoms with Crippen molar-refractivity contribution >= 4 is 11.6 Å². The maximum atomic E-state index is 6.30. The van der Waals surface area contributed by atoms with Crippen LogP contribution in [-0.2, 0) is 6.42 Å². The van der Waals surface area contributed by atoms with Gasteiger partial charge in [-0.05, 0) is 37.1 Å². The average molecular weight is 296 g/mol. The van der Waals surface area contributed by atoms with Crippen molar-refractivity contribution < 1.29 is 4.74 Å². The average Bonchev–Trinajstić information content (AvgIpc) is 2.90. The Morgan fingerprint density at radius 1 is 1.35 bits per heavy atom. The summed E-state index contributed by atoms with van der Waals surface area (Å²) in [5.74, 6) is 1.70. The molecule has 1 heterocycles. The van der Waals surface area contributed by atoms with Crippen LogP contribution in [0, 0.1) is 5.92 Å². The Kier molecular flexibility index (Phi) is 5.74. The topological polar surface area (TPSA) is 21.3 Å². The van der Waals surface area contributed by atoms with Crippen molar-refractivity contribution in [3.63, 3.8) is 0 Å². The molecule has 0 aliphatic carbocycles. The maximum Gasteiger partial charge on any atom is 0.127 e. The standard InChI is InChI=1S/C17H26ClNO/c1-4-6-7-12(5-2)16(19-3)15-11-14(18)10-13-8-9-20-17(13)15/h10-12,16,19H,4-9H2,1-3H3. The molecular weight excluding hydrogens is 270 g/mol. The number of unbranched alkanes of at least 4 members (excludes halogenated alkanes) is 1. The predicted octanol–water partition coefficient (Wildman–Crippen LogP) is 4.75. The Hall–Kier alpha value is -0.730. The van der Waals surface area contributed by atoms with Gasteiger partial charge < -0.3 is 10.1 Å². The number of halogens is 1. The highest BCUT2D eigenvalue weighted by Gasteiger charge is 2.27. The van der Waals surface area contributed by atoms with E-state index in [1.807, 2.05) is 13.1 Å². The summed E-state index contributed by atoms with van der Waals surface area (Å²) in [6.45, 7) is 5.31. The molecule has 1 aliphatic heterocycles. The smallest absolute Gasteiger partial charge is 0.127 e. The van der Waals surface area contributed by atoms with Gasteiger partial charge in [0.15, 0.2) is 0 Å². The van der Waals surface area contributed by atoms with Crippen LogP contribution in [0.2, 0.25) is 5.02 Å². The minimum atomic E-state index is 0.331. The van der Waals surface area contributed by atoms with Gasteiger partial charge in [0.25, 0.3) is 0 Å². The van der Waals surface area contributed by atoms with Crippen LogP contribution in [-0.4, -0.2) is 13.7 Å². The molecule has 3 heteroatoms. The number of hydrogen-bond acceptors (Lipinski definition) is 2. The first kappa shape index (κ1) is 15.7. The van der Waals surface area contributed by atoms with Crippen LogP contribution in [0.3, 0.4) is 0 Å². The van der Waals surface area contributed by atoms with Crippen molar-refractivity contribution in [3.8, 4) is 5.75 Å². The van der Waals surface area contributed by atoms with Crippen LogP contribution >= 0.6 is 11.6 Å². The van der Waals surface area contributed by atoms with Crippen molar-refractivity contribution in [2.75, 3.05) is 13.7 Å². The van der Waals surface area contributed by atoms with E-state index in [1.165, 1.54) is 36.8 Å². The third-order valence-electron chi connectivity index (χ3n) is 4.35. The van der Waals surface area contributed by atoms with Crippen LogP contribution in [0.15, 0.2) is 12.1 Å². The van der Waals surface area contributed by atoms with Crippen molar-refractivity contribution in [1.29, 1.82) is 0 Å². The van der Waals surface area contributed by atoms with Crippen LogP contribution in [0.4, 0.5) is 0 Å². The molecule has 0 amide bonds. The highest BCUT2D eigenvalue weighted by molar-refractivity contribution is 6.30. The van der Waals surface area contributed by atoms with E-state index in [9.17, 15) is 0 Å². The molecule has 1 aromatic carbocycles. The Balaban J connectivity index is 2.31. The minimum absolute atomic E-state index is 0.331. The largest absolute Gasteiger partial charge is 0.493 e. The first-order valence-corrected chi connectivity index (χ1v) is 8.21. The van der Waals surface area contributed by atoms with Crippen LogP contribution < -0.4 is 10.1 Å². The highest BCUT2D eigenvalue weighted by Crippen LogP contribution is 2.40. The molecule has 0 saturated heterocycles. The second kappa shape index (κ2) is 7.33. The molecule has 2 nitrogen and oxygen atoms in total. The van der Waals surface area contributed by atoms with Gasteiger partial charge in [-0.3, -0.25) is 0 Å². The number of hydrogen-bond donors (Lipinski definition) is 1. The molecule has 0 aromatic heterocycles. The zero-order valence-corrected chi connectivity index (χ0v) is 13.6. The lowest BCUT2D eigenvalue weighted by Gasteiger charge is -2.28. The van der Waals surface area contributed by atoms with Crippen LogP contribution in [0.1, 0.15) is 56.7 Å². The fourth-order valence-electron chi connectivity index (χ4n) is 3.25. The molecule has 112 valence electrons. The van der Waals surface area contributed by atoms with Crippen molar-refractivity contribution in [2.24, 2.45) is 5.92 Å². The third-order valence-corrected chi connectivity index (χ3v) is 4.57. The molecule has 0 bridgehead atoms. The Morgan fingerprint density at radius 2 is 2.15 bits per heavy atom. The SMILES string of the molecule is CCCCC(CC)C(NC)c1cc(Cl)cc2c1OCC2. The predicted molar refractivity (Wildman–Crippen MR) is 85.8 cm³/mol. The van der Waals surface area contributed by atoms with Gasteiger partial charge in [0.2, 0.25) is 0 Å². The summed E-state index contributed by atoms with van der Waals surface area (Å²) in [5, 5.41) is 4.33. The number of benzene rings is 1. The summed E-state index contributed by atoms with van der Waals surface area (Å²) in [7, 11) is 2.04. The number of fused-ring (bicyclic) bond motifs is 1. The van der Waals surface area contributed by atoms with E-state index < -0.39 is 0 Å². The lowest BCUT2D eigenvalue weighted by Crippen LogP contribution is -2.25.